The highest BCUT2D eigenvalue weighted by Crippen LogP contribution is 2.71. The van der Waals surface area contributed by atoms with Crippen LogP contribution in [0.2, 0.25) is 0 Å². The molecule has 0 bridgehead atoms. The van der Waals surface area contributed by atoms with Crippen molar-refractivity contribution in [3.63, 3.8) is 0 Å². The molecular weight excluding hydrogens is 407 g/mol. The van der Waals surface area contributed by atoms with Crippen LogP contribution in [0.4, 0.5) is 0 Å². The van der Waals surface area contributed by atoms with E-state index in [9.17, 15) is 14.7 Å². The molecule has 4 rings (SSSR count). The third-order valence-electron chi connectivity index (χ3n) is 8.33. The molecule has 4 aliphatic rings. The molecule has 3 fully saturated rings. The van der Waals surface area contributed by atoms with Gasteiger partial charge in [0.25, 0.3) is 0 Å². The van der Waals surface area contributed by atoms with Crippen LogP contribution in [-0.2, 0) is 9.59 Å². The van der Waals surface area contributed by atoms with Gasteiger partial charge in [0.2, 0.25) is 0 Å². The first-order valence-electron chi connectivity index (χ1n) is 9.63. The number of allylic oxidation sites excluding steroid dienone is 4. The van der Waals surface area contributed by atoms with Gasteiger partial charge in [-0.15, -0.1) is 34.8 Å². The summed E-state index contributed by atoms with van der Waals surface area (Å²) in [5.41, 5.74) is -1.54. The largest absolute Gasteiger partial charge is 0.381 e. The van der Waals surface area contributed by atoms with E-state index < -0.39 is 26.7 Å². The maximum atomic E-state index is 12.6. The number of Topliss-reactive ketones (excluding diaryl/α,β-unsaturated/α-hetero) is 1. The fourth-order valence-corrected chi connectivity index (χ4v) is 8.17. The lowest BCUT2D eigenvalue weighted by Gasteiger charge is -2.63. The number of carbonyl (C=O) groups excluding carboxylic acids is 2. The molecule has 0 saturated heterocycles. The van der Waals surface area contributed by atoms with Crippen LogP contribution >= 0.6 is 34.8 Å². The molecule has 1 N–H and O–H groups in total. The highest BCUT2D eigenvalue weighted by Gasteiger charge is 2.72. The van der Waals surface area contributed by atoms with Crippen molar-refractivity contribution < 1.29 is 14.7 Å². The highest BCUT2D eigenvalue weighted by atomic mass is 35.5. The van der Waals surface area contributed by atoms with Crippen molar-refractivity contribution in [3.05, 3.63) is 23.8 Å². The summed E-state index contributed by atoms with van der Waals surface area (Å²) in [6.07, 6.45) is 8.40. The van der Waals surface area contributed by atoms with Gasteiger partial charge in [0.05, 0.1) is 16.1 Å². The smallest absolute Gasteiger partial charge is 0.179 e. The van der Waals surface area contributed by atoms with Gasteiger partial charge in [0.15, 0.2) is 11.6 Å². The van der Waals surface area contributed by atoms with Crippen LogP contribution < -0.4 is 0 Å². The molecule has 0 aliphatic heterocycles. The van der Waals surface area contributed by atoms with Crippen LogP contribution in [-0.4, -0.2) is 38.4 Å². The van der Waals surface area contributed by atoms with Crippen molar-refractivity contribution >= 4 is 46.4 Å². The average molecular weight is 432 g/mol. The first-order chi connectivity index (χ1) is 12.5. The number of alkyl halides is 3. The normalized spacial score (nSPS) is 51.3. The predicted octanol–water partition coefficient (Wildman–Crippen LogP) is 4.41. The molecule has 3 nitrogen and oxygen atoms in total. The third kappa shape index (κ3) is 2.26. The minimum atomic E-state index is -1.44. The van der Waals surface area contributed by atoms with Crippen molar-refractivity contribution in [2.45, 2.75) is 61.8 Å². The van der Waals surface area contributed by atoms with Crippen molar-refractivity contribution in [2.75, 3.05) is 5.88 Å². The molecule has 0 spiro atoms. The lowest BCUT2D eigenvalue weighted by molar-refractivity contribution is -0.156. The van der Waals surface area contributed by atoms with Crippen LogP contribution in [0.1, 0.15) is 46.0 Å². The predicted molar refractivity (Wildman–Crippen MR) is 107 cm³/mol. The van der Waals surface area contributed by atoms with E-state index in [2.05, 4.69) is 6.92 Å². The lowest BCUT2D eigenvalue weighted by atomic mass is 9.46. The number of hydrogen-bond donors (Lipinski definition) is 1. The topological polar surface area (TPSA) is 54.4 Å². The van der Waals surface area contributed by atoms with Crippen LogP contribution in [0.5, 0.6) is 0 Å². The van der Waals surface area contributed by atoms with Crippen molar-refractivity contribution in [3.8, 4) is 0 Å². The summed E-state index contributed by atoms with van der Waals surface area (Å²) in [5, 5.41) is 10.9. The number of rotatable bonds is 2. The summed E-state index contributed by atoms with van der Waals surface area (Å²) in [7, 11) is 0. The molecule has 7 atom stereocenters. The van der Waals surface area contributed by atoms with Gasteiger partial charge in [-0.3, -0.25) is 9.59 Å². The van der Waals surface area contributed by atoms with E-state index in [0.717, 1.165) is 24.8 Å². The quantitative estimate of drug-likeness (QED) is 0.659. The number of aliphatic hydroxyl groups is 1. The van der Waals surface area contributed by atoms with E-state index in [4.69, 9.17) is 34.8 Å². The molecule has 0 amide bonds. The first kappa shape index (κ1) is 19.9. The minimum Gasteiger partial charge on any atom is -0.381 e. The summed E-state index contributed by atoms with van der Waals surface area (Å²) in [6, 6.07) is 0. The van der Waals surface area contributed by atoms with Crippen molar-refractivity contribution in [2.24, 2.45) is 22.7 Å². The van der Waals surface area contributed by atoms with E-state index in [1.807, 2.05) is 13.0 Å². The molecule has 3 saturated carbocycles. The Balaban J connectivity index is 1.81. The molecule has 0 aromatic rings. The fraction of sp³-hybridized carbons (Fsp3) is 0.714. The van der Waals surface area contributed by atoms with E-state index in [0.29, 0.717) is 12.8 Å². The van der Waals surface area contributed by atoms with Gasteiger partial charge in [-0.2, -0.15) is 0 Å². The molecule has 0 heterocycles. The monoisotopic (exact) mass is 430 g/mol. The first-order valence-corrected chi connectivity index (χ1v) is 11.0. The second-order valence-electron chi connectivity index (χ2n) is 9.17. The minimum absolute atomic E-state index is 0.00378. The van der Waals surface area contributed by atoms with Crippen molar-refractivity contribution in [1.82, 2.24) is 0 Å². The standard InChI is InChI=1S/C21H25Cl3O3/c1-18-7-5-13(25)9-12(18)3-4-15-14-6-8-20(27,17(26)11-22)19(14,2)10-16(23)21(15,18)24/h5,7,9,14-16,27H,3-4,6,8,10-11H2,1-2H3/t14-,15-,16?,18-,19-,20-,21-/m0/s1. The number of fused-ring (bicyclic) bond motifs is 5. The molecule has 1 unspecified atom stereocenters. The molecule has 27 heavy (non-hydrogen) atoms. The summed E-state index contributed by atoms with van der Waals surface area (Å²) in [4.78, 5) is 23.7. The maximum absolute atomic E-state index is 12.6. The van der Waals surface area contributed by atoms with E-state index >= 15 is 0 Å². The van der Waals surface area contributed by atoms with Gasteiger partial charge < -0.3 is 5.11 Å². The molecule has 0 radical (unpaired) electrons. The van der Waals surface area contributed by atoms with Crippen LogP contribution in [0, 0.1) is 22.7 Å². The van der Waals surface area contributed by atoms with Gasteiger partial charge in [0.1, 0.15) is 5.60 Å². The zero-order valence-electron chi connectivity index (χ0n) is 15.6. The van der Waals surface area contributed by atoms with Crippen LogP contribution in [0.3, 0.4) is 0 Å². The SMILES string of the molecule is C[C@]12C=CC(=O)C=C1CC[C@H]1[C@@H]3CC[C@](O)(C(=O)CCl)[C@@]3(C)CC(Cl)[C@@]12Cl. The van der Waals surface area contributed by atoms with Crippen LogP contribution in [0.25, 0.3) is 0 Å². The molecule has 148 valence electrons. The second-order valence-corrected chi connectivity index (χ2v) is 10.6. The number of hydrogen-bond acceptors (Lipinski definition) is 3. The Morgan fingerprint density at radius 3 is 2.67 bits per heavy atom. The molecular formula is C21H25Cl3O3. The van der Waals surface area contributed by atoms with Crippen molar-refractivity contribution in [1.29, 1.82) is 0 Å². The van der Waals surface area contributed by atoms with E-state index in [1.54, 1.807) is 12.2 Å². The Bertz CT molecular complexity index is 777. The number of ketones is 2. The van der Waals surface area contributed by atoms with Gasteiger partial charge >= 0.3 is 0 Å². The average Bonchev–Trinajstić information content (AvgIpc) is 2.88. The molecule has 4 aliphatic carbocycles. The second kappa shape index (κ2) is 6.08. The zero-order valence-corrected chi connectivity index (χ0v) is 17.9. The molecule has 0 aromatic heterocycles. The zero-order chi connectivity index (χ0) is 19.8. The lowest BCUT2D eigenvalue weighted by Crippen LogP contribution is -2.67. The number of carbonyl (C=O) groups is 2. The summed E-state index contributed by atoms with van der Waals surface area (Å²) < 4.78 is 0. The Kier molecular flexibility index (Phi) is 4.49. The third-order valence-corrected chi connectivity index (χ3v) is 10.1. The van der Waals surface area contributed by atoms with E-state index in [1.165, 1.54) is 0 Å². The Hall–Kier alpha value is -0.350. The maximum Gasteiger partial charge on any atom is 0.179 e. The Morgan fingerprint density at radius 2 is 2.00 bits per heavy atom. The summed E-state index contributed by atoms with van der Waals surface area (Å²) >= 11 is 20.2. The fourth-order valence-electron chi connectivity index (χ4n) is 6.72. The Labute approximate surface area is 175 Å². The molecule has 0 aromatic carbocycles. The highest BCUT2D eigenvalue weighted by molar-refractivity contribution is 6.34. The van der Waals surface area contributed by atoms with Crippen LogP contribution in [0.15, 0.2) is 23.8 Å². The van der Waals surface area contributed by atoms with Gasteiger partial charge in [-0.05, 0) is 56.1 Å². The molecule has 6 heteroatoms. The van der Waals surface area contributed by atoms with Gasteiger partial charge in [0, 0.05) is 10.8 Å². The number of halogens is 3. The van der Waals surface area contributed by atoms with Gasteiger partial charge in [-0.1, -0.05) is 25.5 Å². The van der Waals surface area contributed by atoms with E-state index in [-0.39, 0.29) is 29.3 Å². The van der Waals surface area contributed by atoms with Gasteiger partial charge in [-0.25, -0.2) is 0 Å². The summed E-state index contributed by atoms with van der Waals surface area (Å²) in [5.74, 6) is -0.372. The summed E-state index contributed by atoms with van der Waals surface area (Å²) in [6.45, 7) is 4.05. The Morgan fingerprint density at radius 1 is 1.30 bits per heavy atom.